The summed E-state index contributed by atoms with van der Waals surface area (Å²) >= 11 is 0. The molecule has 2 amide bonds. The number of hydrogen-bond donors (Lipinski definition) is 2. The van der Waals surface area contributed by atoms with Gasteiger partial charge in [0, 0.05) is 19.0 Å². The van der Waals surface area contributed by atoms with Crippen LogP contribution in [0, 0.1) is 12.8 Å². The lowest BCUT2D eigenvalue weighted by Crippen LogP contribution is -2.38. The van der Waals surface area contributed by atoms with Crippen molar-refractivity contribution in [3.8, 4) is 0 Å². The summed E-state index contributed by atoms with van der Waals surface area (Å²) in [7, 11) is 0. The number of benzene rings is 1. The number of aryl methyl sites for hydroxylation is 1. The van der Waals surface area contributed by atoms with E-state index in [1.807, 2.05) is 36.1 Å². The number of carboxylic acid groups (broad SMARTS) is 1. The van der Waals surface area contributed by atoms with E-state index in [2.05, 4.69) is 5.32 Å². The summed E-state index contributed by atoms with van der Waals surface area (Å²) in [5.41, 5.74) is 1.74. The third-order valence-electron chi connectivity index (χ3n) is 5.55. The lowest BCUT2D eigenvalue weighted by Gasteiger charge is -2.24. The van der Waals surface area contributed by atoms with Crippen LogP contribution in [-0.4, -0.2) is 40.4 Å². The lowest BCUT2D eigenvalue weighted by atomic mass is 9.97. The molecule has 6 heteroatoms. The number of carbonyl (C=O) groups excluding carboxylic acids is 2. The van der Waals surface area contributed by atoms with Crippen LogP contribution < -0.4 is 5.32 Å². The highest BCUT2D eigenvalue weighted by atomic mass is 16.4. The minimum Gasteiger partial charge on any atom is -0.481 e. The molecule has 2 aliphatic rings. The van der Waals surface area contributed by atoms with Gasteiger partial charge in [-0.3, -0.25) is 14.4 Å². The number of carboxylic acids is 1. The Morgan fingerprint density at radius 2 is 1.96 bits per heavy atom. The summed E-state index contributed by atoms with van der Waals surface area (Å²) in [4.78, 5) is 38.2. The Balaban J connectivity index is 1.69. The molecule has 6 nitrogen and oxygen atoms in total. The van der Waals surface area contributed by atoms with Crippen molar-refractivity contribution in [3.05, 3.63) is 35.4 Å². The fourth-order valence-corrected chi connectivity index (χ4v) is 4.16. The molecule has 0 aromatic heterocycles. The fraction of sp³-hybridized carbons (Fsp3) is 0.550. The zero-order chi connectivity index (χ0) is 18.7. The van der Waals surface area contributed by atoms with Gasteiger partial charge in [0.25, 0.3) is 0 Å². The van der Waals surface area contributed by atoms with E-state index in [9.17, 15) is 19.5 Å². The third-order valence-corrected chi connectivity index (χ3v) is 5.55. The van der Waals surface area contributed by atoms with Crippen LogP contribution in [0.3, 0.4) is 0 Å². The van der Waals surface area contributed by atoms with Crippen molar-refractivity contribution < 1.29 is 19.5 Å². The topological polar surface area (TPSA) is 86.7 Å². The molecule has 26 heavy (non-hydrogen) atoms. The molecule has 2 fully saturated rings. The first-order valence-electron chi connectivity index (χ1n) is 9.33. The first-order valence-corrected chi connectivity index (χ1v) is 9.33. The molecule has 1 heterocycles. The normalized spacial score (nSPS) is 21.8. The predicted molar refractivity (Wildman–Crippen MR) is 96.4 cm³/mol. The van der Waals surface area contributed by atoms with Crippen LogP contribution in [0.1, 0.15) is 55.7 Å². The van der Waals surface area contributed by atoms with E-state index < -0.39 is 17.9 Å². The first-order chi connectivity index (χ1) is 12.5. The van der Waals surface area contributed by atoms with E-state index in [-0.39, 0.29) is 30.7 Å². The Kier molecular flexibility index (Phi) is 5.59. The van der Waals surface area contributed by atoms with Crippen LogP contribution in [-0.2, 0) is 14.4 Å². The maximum Gasteiger partial charge on any atom is 0.305 e. The molecule has 3 rings (SSSR count). The number of nitrogens with zero attached hydrogens (tertiary/aromatic N) is 1. The SMILES string of the molecule is Cc1ccccc1[C@H](CC(=O)O)NC(=O)[C@H]1CC(=O)N(C2CCCC2)C1. The third kappa shape index (κ3) is 4.06. The van der Waals surface area contributed by atoms with Crippen LogP contribution in [0.15, 0.2) is 24.3 Å². The number of hydrogen-bond acceptors (Lipinski definition) is 3. The highest BCUT2D eigenvalue weighted by Crippen LogP contribution is 2.30. The number of amides is 2. The molecule has 1 saturated carbocycles. The van der Waals surface area contributed by atoms with Gasteiger partial charge < -0.3 is 15.3 Å². The summed E-state index contributed by atoms with van der Waals surface area (Å²) < 4.78 is 0. The minimum absolute atomic E-state index is 0.0442. The van der Waals surface area contributed by atoms with Crippen LogP contribution >= 0.6 is 0 Å². The van der Waals surface area contributed by atoms with E-state index in [4.69, 9.17) is 0 Å². The van der Waals surface area contributed by atoms with E-state index in [0.29, 0.717) is 6.54 Å². The molecule has 1 saturated heterocycles. The summed E-state index contributed by atoms with van der Waals surface area (Å²) in [5.74, 6) is -1.55. The number of aliphatic carboxylic acids is 1. The zero-order valence-corrected chi connectivity index (χ0v) is 15.1. The Hall–Kier alpha value is -2.37. The molecule has 1 aliphatic heterocycles. The monoisotopic (exact) mass is 358 g/mol. The smallest absolute Gasteiger partial charge is 0.305 e. The second-order valence-corrected chi connectivity index (χ2v) is 7.40. The van der Waals surface area contributed by atoms with Crippen LogP contribution in [0.4, 0.5) is 0 Å². The standard InChI is InChI=1S/C20H26N2O4/c1-13-6-2-5-9-16(13)17(11-19(24)25)21-20(26)14-10-18(23)22(12-14)15-7-3-4-8-15/h2,5-6,9,14-15,17H,3-4,7-8,10-12H2,1H3,(H,21,26)(H,24,25)/t14-,17-/m0/s1. The Morgan fingerprint density at radius 3 is 2.62 bits per heavy atom. The summed E-state index contributed by atoms with van der Waals surface area (Å²) in [6, 6.07) is 7.14. The number of likely N-dealkylation sites (tertiary alicyclic amines) is 1. The molecule has 2 N–H and O–H groups in total. The second kappa shape index (κ2) is 7.89. The average molecular weight is 358 g/mol. The van der Waals surface area contributed by atoms with Gasteiger partial charge in [-0.15, -0.1) is 0 Å². The van der Waals surface area contributed by atoms with Gasteiger partial charge in [-0.1, -0.05) is 37.1 Å². The quantitative estimate of drug-likeness (QED) is 0.818. The Morgan fingerprint density at radius 1 is 1.27 bits per heavy atom. The van der Waals surface area contributed by atoms with Gasteiger partial charge in [-0.05, 0) is 30.9 Å². The van der Waals surface area contributed by atoms with Crippen molar-refractivity contribution in [2.24, 2.45) is 5.92 Å². The van der Waals surface area contributed by atoms with E-state index in [1.54, 1.807) is 0 Å². The van der Waals surface area contributed by atoms with Gasteiger partial charge in [-0.25, -0.2) is 0 Å². The summed E-state index contributed by atoms with van der Waals surface area (Å²) in [6.07, 6.45) is 4.36. The Bertz CT molecular complexity index is 697. The highest BCUT2D eigenvalue weighted by Gasteiger charge is 2.39. The number of nitrogens with one attached hydrogen (secondary N) is 1. The van der Waals surface area contributed by atoms with Crippen LogP contribution in [0.5, 0.6) is 0 Å². The van der Waals surface area contributed by atoms with Crippen molar-refractivity contribution in [3.63, 3.8) is 0 Å². The van der Waals surface area contributed by atoms with Gasteiger partial charge in [-0.2, -0.15) is 0 Å². The van der Waals surface area contributed by atoms with Crippen molar-refractivity contribution in [1.82, 2.24) is 10.2 Å². The molecule has 1 aromatic carbocycles. The first kappa shape index (κ1) is 18.4. The van der Waals surface area contributed by atoms with E-state index in [1.165, 1.54) is 0 Å². The second-order valence-electron chi connectivity index (χ2n) is 7.40. The molecule has 0 unspecified atom stereocenters. The van der Waals surface area contributed by atoms with E-state index in [0.717, 1.165) is 36.8 Å². The van der Waals surface area contributed by atoms with Gasteiger partial charge >= 0.3 is 5.97 Å². The molecule has 0 radical (unpaired) electrons. The summed E-state index contributed by atoms with van der Waals surface area (Å²) in [6.45, 7) is 2.35. The molecule has 140 valence electrons. The van der Waals surface area contributed by atoms with Gasteiger partial charge in [0.1, 0.15) is 0 Å². The number of carbonyl (C=O) groups is 3. The molecule has 1 aromatic rings. The predicted octanol–water partition coefficient (Wildman–Crippen LogP) is 2.42. The molecule has 0 bridgehead atoms. The van der Waals surface area contributed by atoms with E-state index >= 15 is 0 Å². The van der Waals surface area contributed by atoms with Crippen molar-refractivity contribution >= 4 is 17.8 Å². The fourth-order valence-electron chi connectivity index (χ4n) is 4.16. The van der Waals surface area contributed by atoms with Crippen LogP contribution in [0.25, 0.3) is 0 Å². The van der Waals surface area contributed by atoms with Gasteiger partial charge in [0.15, 0.2) is 0 Å². The maximum atomic E-state index is 12.7. The largest absolute Gasteiger partial charge is 0.481 e. The molecule has 2 atom stereocenters. The molecule has 0 spiro atoms. The van der Waals surface area contributed by atoms with Gasteiger partial charge in [0.05, 0.1) is 18.4 Å². The number of rotatable bonds is 6. The van der Waals surface area contributed by atoms with Crippen molar-refractivity contribution in [1.29, 1.82) is 0 Å². The average Bonchev–Trinajstić information content (AvgIpc) is 3.23. The molecule has 1 aliphatic carbocycles. The van der Waals surface area contributed by atoms with Crippen molar-refractivity contribution in [2.45, 2.75) is 57.5 Å². The molecular weight excluding hydrogens is 332 g/mol. The minimum atomic E-state index is -0.964. The Labute approximate surface area is 153 Å². The van der Waals surface area contributed by atoms with Gasteiger partial charge in [0.2, 0.25) is 11.8 Å². The van der Waals surface area contributed by atoms with Crippen molar-refractivity contribution in [2.75, 3.05) is 6.54 Å². The maximum absolute atomic E-state index is 12.7. The molecular formula is C20H26N2O4. The van der Waals surface area contributed by atoms with Crippen LogP contribution in [0.2, 0.25) is 0 Å². The summed E-state index contributed by atoms with van der Waals surface area (Å²) in [5, 5.41) is 12.1. The highest BCUT2D eigenvalue weighted by molar-refractivity contribution is 5.89. The lowest BCUT2D eigenvalue weighted by molar-refractivity contribution is -0.138. The zero-order valence-electron chi connectivity index (χ0n) is 15.1.